The highest BCUT2D eigenvalue weighted by molar-refractivity contribution is 5.98. The van der Waals surface area contributed by atoms with Crippen LogP contribution < -0.4 is 28.7 Å². The number of rotatable bonds is 3. The number of ether oxygens (including phenoxy) is 2. The zero-order valence-electron chi connectivity index (χ0n) is 15.7. The Morgan fingerprint density at radius 3 is 1.63 bits per heavy atom. The summed E-state index contributed by atoms with van der Waals surface area (Å²) < 4.78 is 35.2. The number of nitrogen functional groups attached to an aromatic ring is 5. The standard InChI is InChI=1S/C8H8FN3O4.C8H10FN3O2/c1-16-8(13)3-2-4(12(14)15)7(11)5(9)6(3)10;1-14-8(13)3-2-4(10)7(12)5(9)6(3)11/h2H,10-11H2,1H3;2H,10-12H2,1H3. The van der Waals surface area contributed by atoms with Crippen LogP contribution in [0, 0.1) is 21.7 Å². The van der Waals surface area contributed by atoms with Gasteiger partial charge >= 0.3 is 11.9 Å². The molecule has 0 saturated carbocycles. The molecule has 12 nitrogen and oxygen atoms in total. The van der Waals surface area contributed by atoms with E-state index in [0.29, 0.717) is 0 Å². The molecule has 14 heteroatoms. The fourth-order valence-corrected chi connectivity index (χ4v) is 2.08. The summed E-state index contributed by atoms with van der Waals surface area (Å²) >= 11 is 0. The number of anilines is 5. The van der Waals surface area contributed by atoms with E-state index >= 15 is 0 Å². The molecule has 0 aromatic heterocycles. The van der Waals surface area contributed by atoms with E-state index in [2.05, 4.69) is 9.47 Å². The van der Waals surface area contributed by atoms with Gasteiger partial charge in [-0.15, -0.1) is 0 Å². The number of methoxy groups -OCH3 is 2. The summed E-state index contributed by atoms with van der Waals surface area (Å²) in [5.74, 6) is -3.83. The van der Waals surface area contributed by atoms with Gasteiger partial charge in [-0.2, -0.15) is 0 Å². The molecular formula is C16H18F2N6O6. The van der Waals surface area contributed by atoms with E-state index in [1.54, 1.807) is 0 Å². The Kier molecular flexibility index (Phi) is 7.28. The number of carbonyl (C=O) groups is 2. The molecule has 0 spiro atoms. The normalized spacial score (nSPS) is 9.87. The van der Waals surface area contributed by atoms with E-state index in [-0.39, 0.29) is 22.6 Å². The van der Waals surface area contributed by atoms with Crippen molar-refractivity contribution < 1.29 is 32.8 Å². The second-order valence-electron chi connectivity index (χ2n) is 5.48. The summed E-state index contributed by atoms with van der Waals surface area (Å²) in [7, 11) is 2.20. The van der Waals surface area contributed by atoms with Gasteiger partial charge in [0.05, 0.1) is 53.0 Å². The van der Waals surface area contributed by atoms with Crippen molar-refractivity contribution in [1.29, 1.82) is 0 Å². The number of nitro benzene ring substituents is 1. The third kappa shape index (κ3) is 4.54. The molecule has 0 radical (unpaired) electrons. The topological polar surface area (TPSA) is 226 Å². The smallest absolute Gasteiger partial charge is 0.340 e. The van der Waals surface area contributed by atoms with Crippen LogP contribution in [0.4, 0.5) is 42.9 Å². The van der Waals surface area contributed by atoms with Gasteiger partial charge < -0.3 is 38.1 Å². The van der Waals surface area contributed by atoms with Gasteiger partial charge in [-0.25, -0.2) is 18.4 Å². The molecule has 0 aliphatic heterocycles. The Balaban J connectivity index is 0.000000303. The van der Waals surface area contributed by atoms with Crippen LogP contribution in [0.2, 0.25) is 0 Å². The number of halogens is 2. The minimum Gasteiger partial charge on any atom is -0.465 e. The highest BCUT2D eigenvalue weighted by Crippen LogP contribution is 2.32. The second kappa shape index (κ2) is 9.22. The van der Waals surface area contributed by atoms with Gasteiger partial charge in [-0.3, -0.25) is 10.1 Å². The van der Waals surface area contributed by atoms with Crippen LogP contribution in [0.15, 0.2) is 12.1 Å². The molecule has 0 amide bonds. The fourth-order valence-electron chi connectivity index (χ4n) is 2.08. The molecule has 0 aliphatic rings. The maximum absolute atomic E-state index is 13.3. The molecule has 2 aromatic carbocycles. The summed E-state index contributed by atoms with van der Waals surface area (Å²) in [5, 5.41) is 10.5. The third-order valence-corrected chi connectivity index (χ3v) is 3.70. The first kappa shape index (κ1) is 23.7. The molecule has 0 aliphatic carbocycles. The molecule has 30 heavy (non-hydrogen) atoms. The maximum Gasteiger partial charge on any atom is 0.340 e. The summed E-state index contributed by atoms with van der Waals surface area (Å²) in [6.45, 7) is 0. The zero-order valence-corrected chi connectivity index (χ0v) is 15.7. The highest BCUT2D eigenvalue weighted by atomic mass is 19.1. The van der Waals surface area contributed by atoms with E-state index in [1.165, 1.54) is 6.07 Å². The van der Waals surface area contributed by atoms with Gasteiger partial charge in [0.15, 0.2) is 11.6 Å². The molecule has 0 unspecified atom stereocenters. The van der Waals surface area contributed by atoms with Crippen LogP contribution in [-0.2, 0) is 9.47 Å². The molecule has 2 aromatic rings. The number of nitrogens with zero attached hydrogens (tertiary/aromatic N) is 1. The van der Waals surface area contributed by atoms with Gasteiger partial charge in [-0.1, -0.05) is 0 Å². The maximum atomic E-state index is 13.3. The average Bonchev–Trinajstić information content (AvgIpc) is 2.72. The third-order valence-electron chi connectivity index (χ3n) is 3.70. The Labute approximate surface area is 167 Å². The van der Waals surface area contributed by atoms with Crippen molar-refractivity contribution in [2.45, 2.75) is 0 Å². The van der Waals surface area contributed by atoms with Crippen molar-refractivity contribution in [2.24, 2.45) is 0 Å². The number of hydrogen-bond acceptors (Lipinski definition) is 11. The first-order chi connectivity index (χ1) is 13.9. The van der Waals surface area contributed by atoms with E-state index in [4.69, 9.17) is 28.7 Å². The number of nitro groups is 1. The summed E-state index contributed by atoms with van der Waals surface area (Å²) in [6, 6.07) is 1.96. The van der Waals surface area contributed by atoms with E-state index in [1.807, 2.05) is 0 Å². The monoisotopic (exact) mass is 428 g/mol. The Bertz CT molecular complexity index is 1030. The fraction of sp³-hybridized carbons (Fsp3) is 0.125. The molecule has 0 saturated heterocycles. The molecule has 0 bridgehead atoms. The zero-order chi connectivity index (χ0) is 23.3. The Morgan fingerprint density at radius 1 is 0.833 bits per heavy atom. The predicted octanol–water partition coefficient (Wildman–Crippen LogP) is 1.04. The lowest BCUT2D eigenvalue weighted by Gasteiger charge is -2.08. The lowest BCUT2D eigenvalue weighted by atomic mass is 10.1. The van der Waals surface area contributed by atoms with Gasteiger partial charge in [0, 0.05) is 6.07 Å². The van der Waals surface area contributed by atoms with Crippen molar-refractivity contribution in [2.75, 3.05) is 42.9 Å². The van der Waals surface area contributed by atoms with E-state index in [9.17, 15) is 28.5 Å². The largest absolute Gasteiger partial charge is 0.465 e. The molecule has 10 N–H and O–H groups in total. The first-order valence-electron chi connectivity index (χ1n) is 7.70. The van der Waals surface area contributed by atoms with Gasteiger partial charge in [0.25, 0.3) is 5.69 Å². The van der Waals surface area contributed by atoms with Crippen LogP contribution >= 0.6 is 0 Å². The molecule has 0 fully saturated rings. The highest BCUT2D eigenvalue weighted by Gasteiger charge is 2.25. The second-order valence-corrected chi connectivity index (χ2v) is 5.48. The van der Waals surface area contributed by atoms with Crippen molar-refractivity contribution in [3.05, 3.63) is 45.0 Å². The number of benzene rings is 2. The summed E-state index contributed by atoms with van der Waals surface area (Å²) in [6.07, 6.45) is 0. The minimum atomic E-state index is -1.20. The van der Waals surface area contributed by atoms with E-state index < -0.39 is 51.1 Å². The van der Waals surface area contributed by atoms with Crippen molar-refractivity contribution in [3.8, 4) is 0 Å². The molecular weight excluding hydrogens is 410 g/mol. The van der Waals surface area contributed by atoms with Crippen LogP contribution in [0.1, 0.15) is 20.7 Å². The molecule has 2 rings (SSSR count). The quantitative estimate of drug-likeness (QED) is 0.201. The summed E-state index contributed by atoms with van der Waals surface area (Å²) in [4.78, 5) is 31.8. The molecule has 0 heterocycles. The van der Waals surface area contributed by atoms with Crippen LogP contribution in [0.3, 0.4) is 0 Å². The lowest BCUT2D eigenvalue weighted by Crippen LogP contribution is -2.11. The molecule has 162 valence electrons. The van der Waals surface area contributed by atoms with Crippen LogP contribution in [0.5, 0.6) is 0 Å². The first-order valence-corrected chi connectivity index (χ1v) is 7.70. The minimum absolute atomic E-state index is 0.0444. The summed E-state index contributed by atoms with van der Waals surface area (Å²) in [5.41, 5.74) is 23.1. The SMILES string of the molecule is COC(=O)c1cc(N)c(N)c(F)c1N.COC(=O)c1cc([N+](=O)[O-])c(N)c(F)c1N. The number of esters is 2. The number of carbonyl (C=O) groups excluding carboxylic acids is 2. The lowest BCUT2D eigenvalue weighted by molar-refractivity contribution is -0.384. The van der Waals surface area contributed by atoms with Crippen LogP contribution in [0.25, 0.3) is 0 Å². The Hall–Kier alpha value is -4.36. The van der Waals surface area contributed by atoms with Gasteiger partial charge in [-0.05, 0) is 6.07 Å². The predicted molar refractivity (Wildman–Crippen MR) is 104 cm³/mol. The van der Waals surface area contributed by atoms with Gasteiger partial charge in [0.1, 0.15) is 5.69 Å². The van der Waals surface area contributed by atoms with Crippen LogP contribution in [-0.4, -0.2) is 31.1 Å². The van der Waals surface area contributed by atoms with Crippen molar-refractivity contribution in [3.63, 3.8) is 0 Å². The Morgan fingerprint density at radius 2 is 1.23 bits per heavy atom. The average molecular weight is 428 g/mol. The molecule has 0 atom stereocenters. The van der Waals surface area contributed by atoms with Crippen molar-refractivity contribution >= 4 is 46.1 Å². The van der Waals surface area contributed by atoms with Crippen molar-refractivity contribution in [1.82, 2.24) is 0 Å². The van der Waals surface area contributed by atoms with E-state index in [0.717, 1.165) is 20.3 Å². The number of hydrogen-bond donors (Lipinski definition) is 5. The van der Waals surface area contributed by atoms with Gasteiger partial charge in [0.2, 0.25) is 0 Å². The number of nitrogens with two attached hydrogens (primary N) is 5.